The van der Waals surface area contributed by atoms with Crippen LogP contribution in [0.2, 0.25) is 0 Å². The van der Waals surface area contributed by atoms with E-state index in [0.29, 0.717) is 6.42 Å². The average Bonchev–Trinajstić information content (AvgIpc) is 3.14. The molecule has 1 amide bonds. The molecule has 2 fully saturated rings. The highest BCUT2D eigenvalue weighted by molar-refractivity contribution is 5.80. The number of likely N-dealkylation sites (tertiary alicyclic amines) is 1. The minimum absolute atomic E-state index is 0.118. The van der Waals surface area contributed by atoms with Crippen LogP contribution in [0.3, 0.4) is 0 Å². The Kier molecular flexibility index (Phi) is 5.51. The molecule has 3 atom stereocenters. The third-order valence-electron chi connectivity index (χ3n) is 6.61. The number of fused-ring (bicyclic) bond motifs is 1. The van der Waals surface area contributed by atoms with Gasteiger partial charge in [0.05, 0.1) is 24.2 Å². The van der Waals surface area contributed by atoms with Gasteiger partial charge in [-0.1, -0.05) is 54.6 Å². The van der Waals surface area contributed by atoms with Crippen LogP contribution >= 0.6 is 0 Å². The number of carbonyl (C=O) groups excluding carboxylic acids is 1. The van der Waals surface area contributed by atoms with Crippen LogP contribution in [0, 0.1) is 0 Å². The van der Waals surface area contributed by atoms with Gasteiger partial charge in [0.1, 0.15) is 0 Å². The third kappa shape index (κ3) is 3.59. The monoisotopic (exact) mass is 379 g/mol. The summed E-state index contributed by atoms with van der Waals surface area (Å²) in [5.41, 5.74) is 3.23. The summed E-state index contributed by atoms with van der Waals surface area (Å²) in [6.07, 6.45) is 4.40. The highest BCUT2D eigenvalue weighted by Gasteiger charge is 2.52. The molecule has 2 aliphatic rings. The summed E-state index contributed by atoms with van der Waals surface area (Å²) in [6.45, 7) is 0.774. The molecule has 1 aliphatic heterocycles. The molecule has 1 saturated heterocycles. The van der Waals surface area contributed by atoms with Gasteiger partial charge in [0.15, 0.2) is 0 Å². The van der Waals surface area contributed by atoms with E-state index in [1.807, 2.05) is 23.1 Å². The quantitative estimate of drug-likeness (QED) is 0.786. The molecule has 0 spiro atoms. The molecule has 4 nitrogen and oxygen atoms in total. The number of hydrogen-bond acceptors (Lipinski definition) is 3. The van der Waals surface area contributed by atoms with Crippen molar-refractivity contribution in [2.75, 3.05) is 20.8 Å². The van der Waals surface area contributed by atoms with Gasteiger partial charge >= 0.3 is 0 Å². The van der Waals surface area contributed by atoms with Gasteiger partial charge in [-0.05, 0) is 42.4 Å². The molecule has 0 unspecified atom stereocenters. The molecule has 1 heterocycles. The largest absolute Gasteiger partial charge is 0.381 e. The van der Waals surface area contributed by atoms with Gasteiger partial charge < -0.3 is 14.4 Å². The molecule has 2 aromatic carbocycles. The van der Waals surface area contributed by atoms with Crippen molar-refractivity contribution >= 4 is 5.91 Å². The second-order valence-electron chi connectivity index (χ2n) is 7.99. The number of carbonyl (C=O) groups is 1. The smallest absolute Gasteiger partial charge is 0.227 e. The Hall–Kier alpha value is -2.17. The van der Waals surface area contributed by atoms with Crippen molar-refractivity contribution in [2.45, 2.75) is 49.9 Å². The molecule has 0 aromatic heterocycles. The summed E-state index contributed by atoms with van der Waals surface area (Å²) in [6, 6.07) is 18.8. The molecular formula is C24H29NO3. The summed E-state index contributed by atoms with van der Waals surface area (Å²) in [4.78, 5) is 15.1. The first-order valence-electron chi connectivity index (χ1n) is 10.2. The van der Waals surface area contributed by atoms with E-state index in [1.54, 1.807) is 14.2 Å². The minimum atomic E-state index is -0.193. The Morgan fingerprint density at radius 1 is 1.04 bits per heavy atom. The van der Waals surface area contributed by atoms with Crippen molar-refractivity contribution in [3.05, 3.63) is 60.2 Å². The van der Waals surface area contributed by atoms with E-state index < -0.39 is 0 Å². The lowest BCUT2D eigenvalue weighted by atomic mass is 9.79. The Morgan fingerprint density at radius 2 is 1.75 bits per heavy atom. The van der Waals surface area contributed by atoms with Gasteiger partial charge in [-0.25, -0.2) is 0 Å². The van der Waals surface area contributed by atoms with Gasteiger partial charge in [0.25, 0.3) is 0 Å². The normalized spacial score (nSPS) is 26.9. The van der Waals surface area contributed by atoms with Crippen LogP contribution in [0.5, 0.6) is 0 Å². The zero-order valence-corrected chi connectivity index (χ0v) is 16.8. The minimum Gasteiger partial charge on any atom is -0.381 e. The number of nitrogens with zero attached hydrogens (tertiary/aromatic N) is 1. The Morgan fingerprint density at radius 3 is 2.43 bits per heavy atom. The Labute approximate surface area is 167 Å². The molecule has 2 aromatic rings. The lowest BCUT2D eigenvalue weighted by Gasteiger charge is -2.43. The molecule has 0 N–H and O–H groups in total. The molecular weight excluding hydrogens is 350 g/mol. The maximum absolute atomic E-state index is 13.1. The van der Waals surface area contributed by atoms with Crippen molar-refractivity contribution in [1.82, 2.24) is 4.90 Å². The van der Waals surface area contributed by atoms with Gasteiger partial charge in [0, 0.05) is 20.8 Å². The molecule has 1 saturated carbocycles. The number of rotatable bonds is 5. The zero-order valence-electron chi connectivity index (χ0n) is 16.8. The molecule has 28 heavy (non-hydrogen) atoms. The third-order valence-corrected chi connectivity index (χ3v) is 6.61. The van der Waals surface area contributed by atoms with E-state index in [0.717, 1.165) is 37.8 Å². The zero-order chi connectivity index (χ0) is 19.6. The first-order chi connectivity index (χ1) is 13.6. The van der Waals surface area contributed by atoms with Gasteiger partial charge in [-0.2, -0.15) is 0 Å². The highest BCUT2D eigenvalue weighted by atomic mass is 16.5. The van der Waals surface area contributed by atoms with E-state index in [-0.39, 0.29) is 23.7 Å². The summed E-state index contributed by atoms with van der Waals surface area (Å²) in [5.74, 6) is 0.188. The lowest BCUT2D eigenvalue weighted by Crippen LogP contribution is -2.53. The maximum atomic E-state index is 13.1. The second kappa shape index (κ2) is 8.06. The fourth-order valence-corrected chi connectivity index (χ4v) is 4.90. The van der Waals surface area contributed by atoms with Crippen LogP contribution in [0.25, 0.3) is 11.1 Å². The topological polar surface area (TPSA) is 38.8 Å². The fourth-order valence-electron chi connectivity index (χ4n) is 4.90. The number of hydrogen-bond donors (Lipinski definition) is 0. The average molecular weight is 380 g/mol. The summed E-state index contributed by atoms with van der Waals surface area (Å²) in [7, 11) is 3.55. The van der Waals surface area contributed by atoms with Crippen molar-refractivity contribution in [3.8, 4) is 11.1 Å². The van der Waals surface area contributed by atoms with E-state index in [4.69, 9.17) is 9.47 Å². The predicted molar refractivity (Wildman–Crippen MR) is 110 cm³/mol. The maximum Gasteiger partial charge on any atom is 0.227 e. The Bertz CT molecular complexity index is 804. The van der Waals surface area contributed by atoms with Crippen molar-refractivity contribution < 1.29 is 14.3 Å². The number of benzene rings is 2. The fraction of sp³-hybridized carbons (Fsp3) is 0.458. The molecule has 1 aliphatic carbocycles. The van der Waals surface area contributed by atoms with Crippen LogP contribution in [0.4, 0.5) is 0 Å². The van der Waals surface area contributed by atoms with Crippen LogP contribution in [-0.4, -0.2) is 49.3 Å². The molecule has 4 heteroatoms. The first-order valence-corrected chi connectivity index (χ1v) is 10.2. The second-order valence-corrected chi connectivity index (χ2v) is 7.99. The lowest BCUT2D eigenvalue weighted by molar-refractivity contribution is -0.140. The van der Waals surface area contributed by atoms with Crippen molar-refractivity contribution in [2.24, 2.45) is 0 Å². The van der Waals surface area contributed by atoms with Crippen molar-refractivity contribution in [3.63, 3.8) is 0 Å². The number of methoxy groups -OCH3 is 2. The number of amides is 1. The number of ether oxygens (including phenoxy) is 2. The van der Waals surface area contributed by atoms with Gasteiger partial charge in [-0.3, -0.25) is 4.79 Å². The molecule has 0 bridgehead atoms. The van der Waals surface area contributed by atoms with Crippen LogP contribution < -0.4 is 0 Å². The molecule has 0 radical (unpaired) electrons. The Balaban J connectivity index is 1.46. The van der Waals surface area contributed by atoms with Gasteiger partial charge in [0.2, 0.25) is 5.91 Å². The summed E-state index contributed by atoms with van der Waals surface area (Å²) < 4.78 is 11.5. The summed E-state index contributed by atoms with van der Waals surface area (Å²) >= 11 is 0. The van der Waals surface area contributed by atoms with Crippen LogP contribution in [0.1, 0.15) is 31.2 Å². The summed E-state index contributed by atoms with van der Waals surface area (Å²) in [5, 5.41) is 0. The van der Waals surface area contributed by atoms with Crippen LogP contribution in [-0.2, 0) is 20.7 Å². The predicted octanol–water partition coefficient (Wildman–Crippen LogP) is 4.08. The van der Waals surface area contributed by atoms with Crippen LogP contribution in [0.15, 0.2) is 54.6 Å². The SMILES string of the molecule is CO[C@@H]1CC[C@@]2(OC)CCN(C(=O)Cc3ccc(-c4ccccc4)cc3)[C@H]2C1. The molecule has 148 valence electrons. The first kappa shape index (κ1) is 19.2. The molecule has 4 rings (SSSR count). The van der Waals surface area contributed by atoms with Crippen molar-refractivity contribution in [1.29, 1.82) is 0 Å². The van der Waals surface area contributed by atoms with E-state index in [2.05, 4.69) is 36.4 Å². The van der Waals surface area contributed by atoms with Gasteiger partial charge in [-0.15, -0.1) is 0 Å². The highest BCUT2D eigenvalue weighted by Crippen LogP contribution is 2.43. The standard InChI is InChI=1S/C24H29NO3/c1-27-21-12-13-24(28-2)14-15-25(22(24)17-21)23(26)16-18-8-10-20(11-9-18)19-6-4-3-5-7-19/h3-11,21-22H,12-17H2,1-2H3/t21-,22+,24-/m1/s1. The van der Waals surface area contributed by atoms with E-state index >= 15 is 0 Å². The van der Waals surface area contributed by atoms with E-state index in [9.17, 15) is 4.79 Å². The van der Waals surface area contributed by atoms with E-state index in [1.165, 1.54) is 11.1 Å².